The number of anilines is 1. The zero-order chi connectivity index (χ0) is 22.9. The Balaban J connectivity index is 1.55. The SMILES string of the molecule is COc1ccc(C2=C(C)C(=Nc3cnn(Cc4cccc(C)c4)c3N)c3cccc[n+]32)cc1. The first-order valence-corrected chi connectivity index (χ1v) is 10.9. The molecule has 0 saturated heterocycles. The fourth-order valence-corrected chi connectivity index (χ4v) is 4.26. The highest BCUT2D eigenvalue weighted by Gasteiger charge is 2.34. The van der Waals surface area contributed by atoms with Crippen LogP contribution >= 0.6 is 0 Å². The van der Waals surface area contributed by atoms with Crippen LogP contribution in [0.1, 0.15) is 29.3 Å². The topological polar surface area (TPSA) is 69.3 Å². The minimum atomic E-state index is 0.553. The second-order valence-electron chi connectivity index (χ2n) is 8.18. The Labute approximate surface area is 193 Å². The van der Waals surface area contributed by atoms with E-state index in [1.54, 1.807) is 18.0 Å². The van der Waals surface area contributed by atoms with E-state index < -0.39 is 0 Å². The number of methoxy groups -OCH3 is 1. The van der Waals surface area contributed by atoms with Gasteiger partial charge in [-0.15, -0.1) is 0 Å². The van der Waals surface area contributed by atoms with Gasteiger partial charge in [0.1, 0.15) is 23.0 Å². The van der Waals surface area contributed by atoms with Crippen molar-refractivity contribution in [3.05, 3.63) is 107 Å². The first-order chi connectivity index (χ1) is 16.0. The molecule has 164 valence electrons. The molecule has 1 aliphatic rings. The highest BCUT2D eigenvalue weighted by Crippen LogP contribution is 2.30. The minimum Gasteiger partial charge on any atom is -0.497 e. The molecule has 2 aromatic heterocycles. The van der Waals surface area contributed by atoms with Gasteiger partial charge in [-0.3, -0.25) is 0 Å². The first kappa shape index (κ1) is 20.7. The Hall–Kier alpha value is -4.19. The third kappa shape index (κ3) is 3.80. The number of allylic oxidation sites excluding steroid dienone is 1. The fourth-order valence-electron chi connectivity index (χ4n) is 4.26. The van der Waals surface area contributed by atoms with E-state index in [2.05, 4.69) is 66.1 Å². The normalized spacial score (nSPS) is 14.1. The quantitative estimate of drug-likeness (QED) is 0.467. The number of pyridine rings is 1. The number of rotatable bonds is 5. The average molecular weight is 437 g/mol. The Morgan fingerprint density at radius 2 is 1.85 bits per heavy atom. The van der Waals surface area contributed by atoms with Gasteiger partial charge in [-0.25, -0.2) is 9.67 Å². The Morgan fingerprint density at radius 1 is 1.03 bits per heavy atom. The Morgan fingerprint density at radius 3 is 2.61 bits per heavy atom. The molecule has 3 heterocycles. The zero-order valence-corrected chi connectivity index (χ0v) is 19.0. The van der Waals surface area contributed by atoms with Crippen molar-refractivity contribution in [2.75, 3.05) is 12.8 Å². The molecule has 0 unspecified atom stereocenters. The van der Waals surface area contributed by atoms with Gasteiger partial charge in [0.2, 0.25) is 11.4 Å². The van der Waals surface area contributed by atoms with Crippen molar-refractivity contribution in [3.63, 3.8) is 0 Å². The molecule has 0 spiro atoms. The van der Waals surface area contributed by atoms with Crippen LogP contribution in [0.25, 0.3) is 5.70 Å². The lowest BCUT2D eigenvalue weighted by Gasteiger charge is -2.05. The number of aromatic nitrogens is 3. The van der Waals surface area contributed by atoms with Crippen molar-refractivity contribution in [2.24, 2.45) is 4.99 Å². The predicted octanol–water partition coefficient (Wildman–Crippen LogP) is 4.53. The maximum atomic E-state index is 6.47. The van der Waals surface area contributed by atoms with Crippen molar-refractivity contribution >= 4 is 22.9 Å². The van der Waals surface area contributed by atoms with E-state index in [1.165, 1.54) is 5.56 Å². The number of benzene rings is 2. The molecular weight excluding hydrogens is 410 g/mol. The molecule has 0 saturated carbocycles. The Bertz CT molecular complexity index is 1400. The number of nitrogens with two attached hydrogens (primary N) is 1. The van der Waals surface area contributed by atoms with Crippen LogP contribution in [0.15, 0.2) is 89.7 Å². The summed E-state index contributed by atoms with van der Waals surface area (Å²) in [6, 6.07) is 22.6. The van der Waals surface area contributed by atoms with Crippen molar-refractivity contribution in [2.45, 2.75) is 20.4 Å². The van der Waals surface area contributed by atoms with Gasteiger partial charge in [0.15, 0.2) is 6.20 Å². The molecular formula is C27H26N5O+. The molecule has 2 N–H and O–H groups in total. The lowest BCUT2D eigenvalue weighted by Crippen LogP contribution is -2.34. The molecule has 6 nitrogen and oxygen atoms in total. The highest BCUT2D eigenvalue weighted by molar-refractivity contribution is 6.17. The van der Waals surface area contributed by atoms with Crippen molar-refractivity contribution in [3.8, 4) is 5.75 Å². The lowest BCUT2D eigenvalue weighted by molar-refractivity contribution is -0.577. The first-order valence-electron chi connectivity index (χ1n) is 10.9. The number of aliphatic imine (C=N–C) groups is 1. The fraction of sp³-hybridized carbons (Fsp3) is 0.148. The largest absolute Gasteiger partial charge is 0.497 e. The number of nitrogen functional groups attached to an aromatic ring is 1. The van der Waals surface area contributed by atoms with E-state index in [0.717, 1.165) is 39.6 Å². The van der Waals surface area contributed by atoms with Gasteiger partial charge in [0, 0.05) is 17.7 Å². The van der Waals surface area contributed by atoms with Crippen LogP contribution in [-0.4, -0.2) is 22.6 Å². The summed E-state index contributed by atoms with van der Waals surface area (Å²) in [7, 11) is 1.67. The number of hydrogen-bond donors (Lipinski definition) is 1. The molecule has 0 radical (unpaired) electrons. The van der Waals surface area contributed by atoms with Gasteiger partial charge in [-0.1, -0.05) is 29.8 Å². The van der Waals surface area contributed by atoms with Crippen LogP contribution in [0, 0.1) is 6.92 Å². The molecule has 6 heteroatoms. The third-order valence-electron chi connectivity index (χ3n) is 5.92. The molecule has 4 aromatic rings. The van der Waals surface area contributed by atoms with Crippen LogP contribution in [0.4, 0.5) is 11.5 Å². The van der Waals surface area contributed by atoms with Crippen molar-refractivity contribution in [1.82, 2.24) is 9.78 Å². The third-order valence-corrected chi connectivity index (χ3v) is 5.92. The summed E-state index contributed by atoms with van der Waals surface area (Å²) in [5.41, 5.74) is 14.7. The van der Waals surface area contributed by atoms with Crippen molar-refractivity contribution in [1.29, 1.82) is 0 Å². The number of hydrogen-bond acceptors (Lipinski definition) is 4. The van der Waals surface area contributed by atoms with Gasteiger partial charge in [-0.05, 0) is 49.7 Å². The van der Waals surface area contributed by atoms with Gasteiger partial charge < -0.3 is 10.5 Å². The molecule has 0 atom stereocenters. The summed E-state index contributed by atoms with van der Waals surface area (Å²) in [5, 5.41) is 4.51. The zero-order valence-electron chi connectivity index (χ0n) is 19.0. The predicted molar refractivity (Wildman–Crippen MR) is 131 cm³/mol. The summed E-state index contributed by atoms with van der Waals surface area (Å²) in [5.74, 6) is 1.38. The van der Waals surface area contributed by atoms with Gasteiger partial charge in [0.05, 0.1) is 25.4 Å². The van der Waals surface area contributed by atoms with E-state index in [4.69, 9.17) is 15.5 Å². The number of fused-ring (bicyclic) bond motifs is 1. The second-order valence-corrected chi connectivity index (χ2v) is 8.18. The Kier molecular flexibility index (Phi) is 5.26. The molecule has 0 bridgehead atoms. The summed E-state index contributed by atoms with van der Waals surface area (Å²) in [6.45, 7) is 4.78. The van der Waals surface area contributed by atoms with Crippen LogP contribution < -0.4 is 15.0 Å². The molecule has 0 amide bonds. The summed E-state index contributed by atoms with van der Waals surface area (Å²) >= 11 is 0. The van der Waals surface area contributed by atoms with E-state index in [0.29, 0.717) is 18.1 Å². The van der Waals surface area contributed by atoms with Crippen LogP contribution in [0.3, 0.4) is 0 Å². The van der Waals surface area contributed by atoms with Gasteiger partial charge in [0.25, 0.3) is 0 Å². The number of aryl methyl sites for hydroxylation is 1. The summed E-state index contributed by atoms with van der Waals surface area (Å²) in [4.78, 5) is 4.97. The van der Waals surface area contributed by atoms with E-state index in [1.807, 2.05) is 30.3 Å². The van der Waals surface area contributed by atoms with Crippen LogP contribution in [0.5, 0.6) is 5.75 Å². The smallest absolute Gasteiger partial charge is 0.237 e. The van der Waals surface area contributed by atoms with E-state index >= 15 is 0 Å². The molecule has 0 aliphatic carbocycles. The standard InChI is InChI=1S/C27H25N5O/c1-18-7-6-8-20(15-18)17-32-27(28)23(16-29-32)30-25-19(2)26(31-14-5-4-9-24(25)31)21-10-12-22(33-3)13-11-21/h4-16,28H,17H2,1-3H3/p+1. The van der Waals surface area contributed by atoms with Gasteiger partial charge in [-0.2, -0.15) is 9.67 Å². The maximum Gasteiger partial charge on any atom is 0.237 e. The lowest BCUT2D eigenvalue weighted by atomic mass is 10.1. The van der Waals surface area contributed by atoms with Crippen LogP contribution in [0.2, 0.25) is 0 Å². The highest BCUT2D eigenvalue weighted by atomic mass is 16.5. The average Bonchev–Trinajstić information content (AvgIpc) is 3.31. The van der Waals surface area contributed by atoms with Gasteiger partial charge >= 0.3 is 0 Å². The summed E-state index contributed by atoms with van der Waals surface area (Å²) in [6.07, 6.45) is 3.80. The monoisotopic (exact) mass is 436 g/mol. The molecule has 33 heavy (non-hydrogen) atoms. The van der Waals surface area contributed by atoms with E-state index in [9.17, 15) is 0 Å². The van der Waals surface area contributed by atoms with Crippen LogP contribution in [-0.2, 0) is 6.54 Å². The minimum absolute atomic E-state index is 0.553. The molecule has 1 aliphatic heterocycles. The molecule has 5 rings (SSSR count). The van der Waals surface area contributed by atoms with Crippen molar-refractivity contribution < 1.29 is 9.30 Å². The number of nitrogens with zero attached hydrogens (tertiary/aromatic N) is 4. The summed E-state index contributed by atoms with van der Waals surface area (Å²) < 4.78 is 9.29. The molecule has 0 fully saturated rings. The number of ether oxygens (including phenoxy) is 1. The van der Waals surface area contributed by atoms with E-state index in [-0.39, 0.29) is 0 Å². The molecule has 2 aromatic carbocycles. The maximum absolute atomic E-state index is 6.47. The second kappa shape index (κ2) is 8.39.